The monoisotopic (exact) mass is 314 g/mol. The molecular weight excluding hydrogens is 296 g/mol. The maximum atomic E-state index is 12.0. The Labute approximate surface area is 126 Å². The third-order valence-corrected chi connectivity index (χ3v) is 4.76. The number of amides is 2. The average Bonchev–Trinajstić information content (AvgIpc) is 2.68. The molecule has 0 radical (unpaired) electrons. The molecule has 7 nitrogen and oxygen atoms in total. The number of nitrogens with one attached hydrogen (secondary N) is 1. The molecule has 2 rings (SSSR count). The van der Waals surface area contributed by atoms with Gasteiger partial charge in [-0.25, -0.2) is 4.79 Å². The van der Waals surface area contributed by atoms with E-state index in [0.717, 1.165) is 0 Å². The first kappa shape index (κ1) is 15.8. The molecule has 0 saturated carbocycles. The molecule has 2 amide bonds. The number of nitrogens with zero attached hydrogens (tertiary/aromatic N) is 1. The molecule has 3 atom stereocenters. The van der Waals surface area contributed by atoms with Crippen LogP contribution in [0.5, 0.6) is 0 Å². The number of carbonyl (C=O) groups is 3. The number of hydrogen-bond donors (Lipinski definition) is 3. The van der Waals surface area contributed by atoms with Crippen molar-refractivity contribution in [3.63, 3.8) is 0 Å². The molecule has 0 bridgehead atoms. The van der Waals surface area contributed by atoms with E-state index in [1.54, 1.807) is 6.92 Å². The van der Waals surface area contributed by atoms with Crippen LogP contribution >= 0.6 is 11.8 Å². The van der Waals surface area contributed by atoms with Crippen LogP contribution < -0.4 is 5.32 Å². The van der Waals surface area contributed by atoms with Crippen LogP contribution in [0.3, 0.4) is 0 Å². The highest BCUT2D eigenvalue weighted by Crippen LogP contribution is 2.46. The van der Waals surface area contributed by atoms with Crippen LogP contribution in [0.1, 0.15) is 20.3 Å². The lowest BCUT2D eigenvalue weighted by atomic mass is 9.83. The van der Waals surface area contributed by atoms with Gasteiger partial charge in [0.2, 0.25) is 11.8 Å². The number of aliphatic hydroxyl groups excluding tert-OH is 1. The topological polar surface area (TPSA) is 107 Å². The zero-order valence-corrected chi connectivity index (χ0v) is 12.6. The van der Waals surface area contributed by atoms with Crippen LogP contribution in [0.15, 0.2) is 10.6 Å². The number of β-lactam (4-membered cyclic amide) rings is 1. The van der Waals surface area contributed by atoms with Crippen LogP contribution in [0.2, 0.25) is 0 Å². The van der Waals surface area contributed by atoms with Gasteiger partial charge in [0.1, 0.15) is 5.70 Å². The summed E-state index contributed by atoms with van der Waals surface area (Å²) in [6.07, 6.45) is -0.328. The Morgan fingerprint density at radius 1 is 1.52 bits per heavy atom. The molecule has 116 valence electrons. The van der Waals surface area contributed by atoms with E-state index < -0.39 is 18.0 Å². The van der Waals surface area contributed by atoms with Crippen molar-refractivity contribution in [1.29, 1.82) is 0 Å². The molecule has 3 N–H and O–H groups in total. The summed E-state index contributed by atoms with van der Waals surface area (Å²) in [7, 11) is 0. The van der Waals surface area contributed by atoms with Gasteiger partial charge in [0.15, 0.2) is 0 Å². The number of aliphatic carboxylic acids is 1. The number of carbonyl (C=O) groups excluding carboxylic acids is 2. The predicted molar refractivity (Wildman–Crippen MR) is 76.2 cm³/mol. The van der Waals surface area contributed by atoms with Crippen LogP contribution in [0, 0.1) is 5.92 Å². The minimum atomic E-state index is -1.13. The summed E-state index contributed by atoms with van der Waals surface area (Å²) in [6, 6.07) is -0.258. The number of rotatable bonds is 6. The Morgan fingerprint density at radius 3 is 2.71 bits per heavy atom. The third kappa shape index (κ3) is 2.91. The highest BCUT2D eigenvalue weighted by Gasteiger charge is 2.56. The second-order valence-electron chi connectivity index (χ2n) is 5.15. The maximum Gasteiger partial charge on any atom is 0.353 e. The van der Waals surface area contributed by atoms with Crippen molar-refractivity contribution in [1.82, 2.24) is 10.2 Å². The first-order valence-corrected chi connectivity index (χ1v) is 7.68. The van der Waals surface area contributed by atoms with E-state index in [-0.39, 0.29) is 23.6 Å². The average molecular weight is 314 g/mol. The lowest BCUT2D eigenvalue weighted by Crippen LogP contribution is -2.61. The molecule has 2 aliphatic heterocycles. The van der Waals surface area contributed by atoms with Gasteiger partial charge in [0.25, 0.3) is 0 Å². The van der Waals surface area contributed by atoms with Gasteiger partial charge >= 0.3 is 5.97 Å². The molecule has 0 spiro atoms. The summed E-state index contributed by atoms with van der Waals surface area (Å²) in [5.74, 6) is -1.57. The van der Waals surface area contributed by atoms with Gasteiger partial charge in [-0.2, -0.15) is 0 Å². The third-order valence-electron chi connectivity index (χ3n) is 3.64. The van der Waals surface area contributed by atoms with Gasteiger partial charge in [0, 0.05) is 30.5 Å². The largest absolute Gasteiger partial charge is 0.477 e. The lowest BCUT2D eigenvalue weighted by molar-refractivity contribution is -0.161. The Bertz CT molecular complexity index is 517. The van der Waals surface area contributed by atoms with Gasteiger partial charge < -0.3 is 20.4 Å². The quantitative estimate of drug-likeness (QED) is 0.461. The van der Waals surface area contributed by atoms with Gasteiger partial charge in [-0.1, -0.05) is 0 Å². The maximum absolute atomic E-state index is 12.0. The molecule has 0 aliphatic carbocycles. The molecule has 1 unspecified atom stereocenters. The predicted octanol–water partition coefficient (Wildman–Crippen LogP) is -0.237. The number of aliphatic hydroxyl groups is 1. The fourth-order valence-electron chi connectivity index (χ4n) is 2.76. The number of thioether (sulfide) groups is 1. The zero-order chi connectivity index (χ0) is 15.7. The van der Waals surface area contributed by atoms with E-state index in [9.17, 15) is 24.6 Å². The molecule has 8 heteroatoms. The standard InChI is InChI=1S/C13H18N2O5S/c1-6(16)10-8-5-9(21-4-3-14-7(2)17)11(13(19)20)15(8)12(10)18/h6,8,10,16H,3-5H2,1-2H3,(H,14,17)(H,19,20)/t6-,8?,10+/m0/s1. The first-order valence-electron chi connectivity index (χ1n) is 6.69. The fourth-order valence-corrected chi connectivity index (χ4v) is 3.82. The number of fused-ring (bicyclic) bond motifs is 1. The van der Waals surface area contributed by atoms with E-state index in [4.69, 9.17) is 0 Å². The van der Waals surface area contributed by atoms with Gasteiger partial charge in [-0.3, -0.25) is 9.59 Å². The Morgan fingerprint density at radius 2 is 2.19 bits per heavy atom. The minimum absolute atomic E-state index is 0.0229. The van der Waals surface area contributed by atoms with Crippen LogP contribution in [-0.4, -0.2) is 57.3 Å². The lowest BCUT2D eigenvalue weighted by Gasteiger charge is -2.44. The van der Waals surface area contributed by atoms with Crippen molar-refractivity contribution in [3.05, 3.63) is 10.6 Å². The summed E-state index contributed by atoms with van der Waals surface area (Å²) in [5.41, 5.74) is 0.0229. The Hall–Kier alpha value is -1.54. The summed E-state index contributed by atoms with van der Waals surface area (Å²) in [5, 5.41) is 21.5. The van der Waals surface area contributed by atoms with Crippen molar-refractivity contribution >= 4 is 29.5 Å². The van der Waals surface area contributed by atoms with Crippen molar-refractivity contribution < 1.29 is 24.6 Å². The van der Waals surface area contributed by atoms with Gasteiger partial charge in [0.05, 0.1) is 18.1 Å². The van der Waals surface area contributed by atoms with Crippen molar-refractivity contribution in [2.24, 2.45) is 5.92 Å². The molecule has 21 heavy (non-hydrogen) atoms. The summed E-state index contributed by atoms with van der Waals surface area (Å²) in [4.78, 5) is 36.0. The second-order valence-corrected chi connectivity index (χ2v) is 6.34. The zero-order valence-electron chi connectivity index (χ0n) is 11.8. The van der Waals surface area contributed by atoms with Crippen molar-refractivity contribution in [2.75, 3.05) is 12.3 Å². The molecule has 2 aliphatic rings. The van der Waals surface area contributed by atoms with Crippen molar-refractivity contribution in [3.8, 4) is 0 Å². The van der Waals surface area contributed by atoms with Crippen LogP contribution in [-0.2, 0) is 14.4 Å². The highest BCUT2D eigenvalue weighted by molar-refractivity contribution is 8.03. The first-order chi connectivity index (χ1) is 9.84. The number of carboxylic acids is 1. The fraction of sp³-hybridized carbons (Fsp3) is 0.615. The van der Waals surface area contributed by atoms with Gasteiger partial charge in [-0.15, -0.1) is 11.8 Å². The molecule has 0 aromatic rings. The van der Waals surface area contributed by atoms with E-state index in [1.807, 2.05) is 0 Å². The summed E-state index contributed by atoms with van der Waals surface area (Å²) >= 11 is 1.33. The van der Waals surface area contributed by atoms with Crippen LogP contribution in [0.25, 0.3) is 0 Å². The molecule has 0 aromatic heterocycles. The normalized spacial score (nSPS) is 25.5. The Balaban J connectivity index is 2.04. The van der Waals surface area contributed by atoms with E-state index >= 15 is 0 Å². The molecular formula is C13H18N2O5S. The van der Waals surface area contributed by atoms with Gasteiger partial charge in [-0.05, 0) is 6.92 Å². The van der Waals surface area contributed by atoms with Crippen molar-refractivity contribution in [2.45, 2.75) is 32.4 Å². The molecule has 1 fully saturated rings. The highest BCUT2D eigenvalue weighted by atomic mass is 32.2. The number of hydrogen-bond acceptors (Lipinski definition) is 5. The van der Waals surface area contributed by atoms with E-state index in [1.165, 1.54) is 23.6 Å². The smallest absolute Gasteiger partial charge is 0.353 e. The number of carboxylic acid groups (broad SMARTS) is 1. The molecule has 0 aromatic carbocycles. The second kappa shape index (κ2) is 6.07. The molecule has 1 saturated heterocycles. The summed E-state index contributed by atoms with van der Waals surface area (Å²) < 4.78 is 0. The van der Waals surface area contributed by atoms with Crippen LogP contribution in [0.4, 0.5) is 0 Å². The minimum Gasteiger partial charge on any atom is -0.477 e. The Kier molecular flexibility index (Phi) is 4.58. The summed E-state index contributed by atoms with van der Waals surface area (Å²) in [6.45, 7) is 3.40. The van der Waals surface area contributed by atoms with E-state index in [0.29, 0.717) is 23.6 Å². The van der Waals surface area contributed by atoms with E-state index in [2.05, 4.69) is 5.32 Å². The SMILES string of the molecule is CC(=O)NCCSC1=C(C(=O)O)N2C(=O)[C@H]([C@H](C)O)C2C1. The molecule has 2 heterocycles.